The third-order valence-electron chi connectivity index (χ3n) is 2.61. The minimum Gasteiger partial charge on any atom is -0.366 e. The van der Waals surface area contributed by atoms with Crippen molar-refractivity contribution in [2.45, 2.75) is 12.5 Å². The standard InChI is InChI=1S/C11H12N4S/c1-2-10(14-8-3-6-16-7-8)15-11-9(1)12-4-5-13-11/h1-2,4-5,8H,3,6-7H2,(H,13,14,15). The predicted octanol–water partition coefficient (Wildman–Crippen LogP) is 1.94. The van der Waals surface area contributed by atoms with E-state index in [1.807, 2.05) is 23.9 Å². The van der Waals surface area contributed by atoms with E-state index in [9.17, 15) is 0 Å². The molecule has 1 aliphatic heterocycles. The van der Waals surface area contributed by atoms with Crippen LogP contribution < -0.4 is 5.32 Å². The molecular formula is C11H12N4S. The number of nitrogens with zero attached hydrogens (tertiary/aromatic N) is 3. The van der Waals surface area contributed by atoms with Gasteiger partial charge in [-0.15, -0.1) is 0 Å². The summed E-state index contributed by atoms with van der Waals surface area (Å²) in [4.78, 5) is 12.8. The number of thioether (sulfide) groups is 1. The van der Waals surface area contributed by atoms with Gasteiger partial charge < -0.3 is 5.32 Å². The van der Waals surface area contributed by atoms with Gasteiger partial charge in [0, 0.05) is 24.2 Å². The molecule has 1 N–H and O–H groups in total. The first-order valence-corrected chi connectivity index (χ1v) is 6.49. The highest BCUT2D eigenvalue weighted by atomic mass is 32.2. The molecule has 82 valence electrons. The van der Waals surface area contributed by atoms with Crippen LogP contribution in [0.3, 0.4) is 0 Å². The molecule has 5 heteroatoms. The molecule has 3 heterocycles. The van der Waals surface area contributed by atoms with E-state index in [2.05, 4.69) is 20.3 Å². The summed E-state index contributed by atoms with van der Waals surface area (Å²) in [5, 5.41) is 3.43. The van der Waals surface area contributed by atoms with E-state index in [0.717, 1.165) is 11.3 Å². The molecular weight excluding hydrogens is 220 g/mol. The van der Waals surface area contributed by atoms with Crippen LogP contribution >= 0.6 is 11.8 Å². The van der Waals surface area contributed by atoms with E-state index in [4.69, 9.17) is 0 Å². The third kappa shape index (κ3) is 1.95. The van der Waals surface area contributed by atoms with E-state index in [0.29, 0.717) is 11.7 Å². The van der Waals surface area contributed by atoms with Crippen molar-refractivity contribution < 1.29 is 0 Å². The van der Waals surface area contributed by atoms with Crippen LogP contribution in [0.4, 0.5) is 5.82 Å². The van der Waals surface area contributed by atoms with E-state index in [1.165, 1.54) is 17.9 Å². The van der Waals surface area contributed by atoms with Crippen LogP contribution in [-0.4, -0.2) is 32.5 Å². The first-order valence-electron chi connectivity index (χ1n) is 5.34. The van der Waals surface area contributed by atoms with Gasteiger partial charge in [-0.05, 0) is 24.3 Å². The van der Waals surface area contributed by atoms with Gasteiger partial charge in [-0.3, -0.25) is 4.98 Å². The normalized spacial score (nSPS) is 20.1. The number of pyridine rings is 1. The van der Waals surface area contributed by atoms with Crippen molar-refractivity contribution in [3.05, 3.63) is 24.5 Å². The summed E-state index contributed by atoms with van der Waals surface area (Å²) >= 11 is 1.99. The maximum Gasteiger partial charge on any atom is 0.180 e. The number of hydrogen-bond acceptors (Lipinski definition) is 5. The number of nitrogens with one attached hydrogen (secondary N) is 1. The second-order valence-electron chi connectivity index (χ2n) is 3.80. The zero-order chi connectivity index (χ0) is 10.8. The molecule has 16 heavy (non-hydrogen) atoms. The Morgan fingerprint density at radius 1 is 1.25 bits per heavy atom. The first kappa shape index (κ1) is 9.84. The third-order valence-corrected chi connectivity index (χ3v) is 3.78. The van der Waals surface area contributed by atoms with Crippen LogP contribution in [0.25, 0.3) is 11.2 Å². The lowest BCUT2D eigenvalue weighted by Gasteiger charge is -2.11. The molecule has 4 nitrogen and oxygen atoms in total. The van der Waals surface area contributed by atoms with Gasteiger partial charge in [0.05, 0.1) is 0 Å². The molecule has 2 aromatic heterocycles. The Morgan fingerprint density at radius 3 is 3.06 bits per heavy atom. The summed E-state index contributed by atoms with van der Waals surface area (Å²) in [7, 11) is 0. The summed E-state index contributed by atoms with van der Waals surface area (Å²) < 4.78 is 0. The predicted molar refractivity (Wildman–Crippen MR) is 66.7 cm³/mol. The number of anilines is 1. The highest BCUT2D eigenvalue weighted by Gasteiger charge is 2.15. The molecule has 0 bridgehead atoms. The van der Waals surface area contributed by atoms with Gasteiger partial charge in [-0.1, -0.05) is 0 Å². The molecule has 0 aliphatic carbocycles. The van der Waals surface area contributed by atoms with Gasteiger partial charge in [0.1, 0.15) is 11.3 Å². The van der Waals surface area contributed by atoms with Crippen LogP contribution in [0, 0.1) is 0 Å². The van der Waals surface area contributed by atoms with Gasteiger partial charge in [-0.2, -0.15) is 11.8 Å². The fourth-order valence-corrected chi connectivity index (χ4v) is 2.94. The zero-order valence-corrected chi connectivity index (χ0v) is 9.57. The van der Waals surface area contributed by atoms with Crippen LogP contribution in [0.15, 0.2) is 24.5 Å². The second kappa shape index (κ2) is 4.25. The Balaban J connectivity index is 1.86. The van der Waals surface area contributed by atoms with Gasteiger partial charge in [0.25, 0.3) is 0 Å². The average molecular weight is 232 g/mol. The minimum atomic E-state index is 0.548. The summed E-state index contributed by atoms with van der Waals surface area (Å²) in [6.07, 6.45) is 4.57. The van der Waals surface area contributed by atoms with E-state index >= 15 is 0 Å². The largest absolute Gasteiger partial charge is 0.366 e. The fourth-order valence-electron chi connectivity index (χ4n) is 1.79. The van der Waals surface area contributed by atoms with Gasteiger partial charge >= 0.3 is 0 Å². The Hall–Kier alpha value is -1.36. The molecule has 0 radical (unpaired) electrons. The molecule has 2 aromatic rings. The fraction of sp³-hybridized carbons (Fsp3) is 0.364. The number of fused-ring (bicyclic) bond motifs is 1. The Morgan fingerprint density at radius 2 is 2.19 bits per heavy atom. The van der Waals surface area contributed by atoms with Gasteiger partial charge in [-0.25, -0.2) is 9.97 Å². The van der Waals surface area contributed by atoms with Crippen molar-refractivity contribution in [3.8, 4) is 0 Å². The number of hydrogen-bond donors (Lipinski definition) is 1. The SMILES string of the molecule is c1cnc2nc(NC3CCSC3)ccc2n1. The molecule has 1 unspecified atom stereocenters. The molecule has 0 spiro atoms. The molecule has 1 saturated heterocycles. The maximum absolute atomic E-state index is 4.44. The number of rotatable bonds is 2. The molecule has 1 fully saturated rings. The Labute approximate surface area is 97.9 Å². The van der Waals surface area contributed by atoms with Crippen LogP contribution in [-0.2, 0) is 0 Å². The summed E-state index contributed by atoms with van der Waals surface area (Å²) in [6, 6.07) is 4.48. The highest BCUT2D eigenvalue weighted by molar-refractivity contribution is 7.99. The maximum atomic E-state index is 4.44. The van der Waals surface area contributed by atoms with E-state index in [-0.39, 0.29) is 0 Å². The van der Waals surface area contributed by atoms with Crippen molar-refractivity contribution in [1.82, 2.24) is 15.0 Å². The monoisotopic (exact) mass is 232 g/mol. The molecule has 0 amide bonds. The summed E-state index contributed by atoms with van der Waals surface area (Å²) in [5.41, 5.74) is 1.55. The topological polar surface area (TPSA) is 50.7 Å². The van der Waals surface area contributed by atoms with Crippen molar-refractivity contribution in [2.75, 3.05) is 16.8 Å². The van der Waals surface area contributed by atoms with Crippen molar-refractivity contribution in [1.29, 1.82) is 0 Å². The molecule has 1 aliphatic rings. The molecule has 1 atom stereocenters. The van der Waals surface area contributed by atoms with Crippen molar-refractivity contribution in [2.24, 2.45) is 0 Å². The summed E-state index contributed by atoms with van der Waals surface area (Å²) in [5.74, 6) is 3.31. The van der Waals surface area contributed by atoms with Crippen molar-refractivity contribution in [3.63, 3.8) is 0 Å². The van der Waals surface area contributed by atoms with Gasteiger partial charge in [0.2, 0.25) is 0 Å². The van der Waals surface area contributed by atoms with Gasteiger partial charge in [0.15, 0.2) is 5.65 Å². The lowest BCUT2D eigenvalue weighted by Crippen LogP contribution is -2.18. The lowest BCUT2D eigenvalue weighted by atomic mass is 10.2. The van der Waals surface area contributed by atoms with Crippen molar-refractivity contribution >= 4 is 28.7 Å². The lowest BCUT2D eigenvalue weighted by molar-refractivity contribution is 0.807. The highest BCUT2D eigenvalue weighted by Crippen LogP contribution is 2.21. The molecule has 0 aromatic carbocycles. The number of aromatic nitrogens is 3. The van der Waals surface area contributed by atoms with Crippen LogP contribution in [0.2, 0.25) is 0 Å². The molecule has 3 rings (SSSR count). The first-order chi connectivity index (χ1) is 7.92. The Bertz CT molecular complexity index is 496. The Kier molecular flexibility index (Phi) is 2.61. The van der Waals surface area contributed by atoms with Crippen LogP contribution in [0.1, 0.15) is 6.42 Å². The minimum absolute atomic E-state index is 0.548. The van der Waals surface area contributed by atoms with E-state index in [1.54, 1.807) is 12.4 Å². The van der Waals surface area contributed by atoms with E-state index < -0.39 is 0 Å². The summed E-state index contributed by atoms with van der Waals surface area (Å²) in [6.45, 7) is 0. The van der Waals surface area contributed by atoms with Crippen LogP contribution in [0.5, 0.6) is 0 Å². The smallest absolute Gasteiger partial charge is 0.180 e. The quantitative estimate of drug-likeness (QED) is 0.857. The zero-order valence-electron chi connectivity index (χ0n) is 8.76. The average Bonchev–Trinajstić information content (AvgIpc) is 2.82. The second-order valence-corrected chi connectivity index (χ2v) is 4.95. The molecule has 0 saturated carbocycles.